The molecule has 0 fully saturated rings. The highest BCUT2D eigenvalue weighted by Gasteiger charge is 2.01. The maximum absolute atomic E-state index is 5.77. The molecular weight excluding hydrogens is 234 g/mol. The van der Waals surface area contributed by atoms with E-state index in [1.807, 2.05) is 45.0 Å². The zero-order valence-electron chi connectivity index (χ0n) is 12.5. The topological polar surface area (TPSA) is 22.1 Å². The Kier molecular flexibility index (Phi) is 6.07. The summed E-state index contributed by atoms with van der Waals surface area (Å²) in [6.45, 7) is 10.6. The average molecular weight is 257 g/mol. The molecule has 1 aromatic heterocycles. The van der Waals surface area contributed by atoms with Gasteiger partial charge < -0.3 is 4.74 Å². The van der Waals surface area contributed by atoms with Gasteiger partial charge in [0.1, 0.15) is 12.4 Å². The average Bonchev–Trinajstić information content (AvgIpc) is 2.40. The minimum atomic E-state index is 0.519. The van der Waals surface area contributed by atoms with Crippen LogP contribution >= 0.6 is 0 Å². The van der Waals surface area contributed by atoms with E-state index in [9.17, 15) is 0 Å². The first-order valence-electron chi connectivity index (χ1n) is 6.78. The second-order valence-corrected chi connectivity index (χ2v) is 4.33. The predicted octanol–water partition coefficient (Wildman–Crippen LogP) is 4.61. The van der Waals surface area contributed by atoms with Gasteiger partial charge in [0.2, 0.25) is 0 Å². The number of benzene rings is 1. The lowest BCUT2D eigenvalue weighted by Crippen LogP contribution is -2.00. The van der Waals surface area contributed by atoms with Gasteiger partial charge in [-0.2, -0.15) is 0 Å². The molecule has 0 aliphatic heterocycles. The van der Waals surface area contributed by atoms with Crippen LogP contribution in [0.1, 0.15) is 36.4 Å². The Balaban J connectivity index is 0.000000861. The van der Waals surface area contributed by atoms with E-state index >= 15 is 0 Å². The molecule has 0 radical (unpaired) electrons. The molecule has 2 aromatic rings. The number of nitrogens with zero attached hydrogens (tertiary/aromatic N) is 1. The van der Waals surface area contributed by atoms with E-state index in [0.29, 0.717) is 6.61 Å². The van der Waals surface area contributed by atoms with Gasteiger partial charge >= 0.3 is 0 Å². The number of aryl methyl sites for hydroxylation is 3. The molecular formula is C17H23NO. The van der Waals surface area contributed by atoms with E-state index in [4.69, 9.17) is 4.74 Å². The van der Waals surface area contributed by atoms with Gasteiger partial charge in [0.15, 0.2) is 0 Å². The normalized spacial score (nSPS) is 9.53. The van der Waals surface area contributed by atoms with Gasteiger partial charge in [0.05, 0.1) is 5.69 Å². The van der Waals surface area contributed by atoms with Gasteiger partial charge in [-0.05, 0) is 44.5 Å². The summed E-state index contributed by atoms with van der Waals surface area (Å²) in [5.41, 5.74) is 4.40. The standard InChI is InChI=1S/C15H17NO.C2H6/c1-11-7-8-15(12(2)9-11)17-10-14-6-4-5-13(3)16-14;1-2/h4-9H,10H2,1-3H3;1-2H3. The summed E-state index contributed by atoms with van der Waals surface area (Å²) in [6, 6.07) is 12.2. The monoisotopic (exact) mass is 257 g/mol. The minimum Gasteiger partial charge on any atom is -0.487 e. The van der Waals surface area contributed by atoms with Gasteiger partial charge in [-0.1, -0.05) is 37.6 Å². The molecule has 0 amide bonds. The lowest BCUT2D eigenvalue weighted by atomic mass is 10.1. The lowest BCUT2D eigenvalue weighted by Gasteiger charge is -2.09. The SMILES string of the molecule is CC.Cc1ccc(OCc2cccc(C)n2)c(C)c1. The van der Waals surface area contributed by atoms with E-state index in [1.165, 1.54) is 5.56 Å². The summed E-state index contributed by atoms with van der Waals surface area (Å²) in [4.78, 5) is 4.41. The zero-order chi connectivity index (χ0) is 14.3. The molecule has 19 heavy (non-hydrogen) atoms. The van der Waals surface area contributed by atoms with Crippen molar-refractivity contribution in [3.05, 3.63) is 58.9 Å². The van der Waals surface area contributed by atoms with Crippen molar-refractivity contribution >= 4 is 0 Å². The smallest absolute Gasteiger partial charge is 0.130 e. The molecule has 0 bridgehead atoms. The van der Waals surface area contributed by atoms with E-state index in [2.05, 4.69) is 31.0 Å². The Bertz CT molecular complexity index is 520. The summed E-state index contributed by atoms with van der Waals surface area (Å²) in [6.07, 6.45) is 0. The molecule has 0 spiro atoms. The van der Waals surface area contributed by atoms with Gasteiger partial charge in [-0.25, -0.2) is 0 Å². The highest BCUT2D eigenvalue weighted by Crippen LogP contribution is 2.19. The number of ether oxygens (including phenoxy) is 1. The number of hydrogen-bond acceptors (Lipinski definition) is 2. The molecule has 2 heteroatoms. The van der Waals surface area contributed by atoms with Crippen LogP contribution in [0.2, 0.25) is 0 Å². The van der Waals surface area contributed by atoms with Crippen molar-refractivity contribution in [3.8, 4) is 5.75 Å². The largest absolute Gasteiger partial charge is 0.487 e. The van der Waals surface area contributed by atoms with Crippen LogP contribution in [-0.4, -0.2) is 4.98 Å². The molecule has 2 nitrogen and oxygen atoms in total. The first kappa shape index (κ1) is 15.2. The number of hydrogen-bond donors (Lipinski definition) is 0. The second-order valence-electron chi connectivity index (χ2n) is 4.33. The molecule has 0 unspecified atom stereocenters. The molecule has 0 saturated heterocycles. The molecule has 1 aromatic carbocycles. The second kappa shape index (κ2) is 7.57. The molecule has 0 N–H and O–H groups in total. The molecule has 2 rings (SSSR count). The third-order valence-corrected chi connectivity index (χ3v) is 2.65. The summed E-state index contributed by atoms with van der Waals surface area (Å²) in [5, 5.41) is 0. The van der Waals surface area contributed by atoms with Gasteiger partial charge in [-0.15, -0.1) is 0 Å². The molecule has 0 aliphatic carbocycles. The van der Waals surface area contributed by atoms with Crippen molar-refractivity contribution in [2.24, 2.45) is 0 Å². The Morgan fingerprint density at radius 2 is 1.74 bits per heavy atom. The van der Waals surface area contributed by atoms with Gasteiger partial charge in [-0.3, -0.25) is 4.98 Å². The van der Waals surface area contributed by atoms with Gasteiger partial charge in [0, 0.05) is 5.69 Å². The molecule has 1 heterocycles. The minimum absolute atomic E-state index is 0.519. The molecule has 0 aliphatic rings. The zero-order valence-corrected chi connectivity index (χ0v) is 12.5. The quantitative estimate of drug-likeness (QED) is 0.801. The van der Waals surface area contributed by atoms with Crippen LogP contribution in [0.25, 0.3) is 0 Å². The van der Waals surface area contributed by atoms with Crippen LogP contribution in [0, 0.1) is 20.8 Å². The van der Waals surface area contributed by atoms with Crippen molar-refractivity contribution in [2.75, 3.05) is 0 Å². The summed E-state index contributed by atoms with van der Waals surface area (Å²) in [5.74, 6) is 0.930. The Labute approximate surface area is 116 Å². The lowest BCUT2D eigenvalue weighted by molar-refractivity contribution is 0.299. The third kappa shape index (κ3) is 4.74. The number of rotatable bonds is 3. The predicted molar refractivity (Wildman–Crippen MR) is 80.6 cm³/mol. The van der Waals surface area contributed by atoms with Crippen LogP contribution in [0.4, 0.5) is 0 Å². The van der Waals surface area contributed by atoms with Crippen LogP contribution < -0.4 is 4.74 Å². The summed E-state index contributed by atoms with van der Waals surface area (Å²) < 4.78 is 5.77. The summed E-state index contributed by atoms with van der Waals surface area (Å²) in [7, 11) is 0. The first-order valence-corrected chi connectivity index (χ1v) is 6.78. The Hall–Kier alpha value is -1.83. The van der Waals surface area contributed by atoms with Crippen LogP contribution in [0.3, 0.4) is 0 Å². The Morgan fingerprint density at radius 1 is 1.00 bits per heavy atom. The maximum Gasteiger partial charge on any atom is 0.130 e. The molecule has 102 valence electrons. The third-order valence-electron chi connectivity index (χ3n) is 2.65. The number of pyridine rings is 1. The highest BCUT2D eigenvalue weighted by molar-refractivity contribution is 5.35. The fourth-order valence-electron chi connectivity index (χ4n) is 1.79. The van der Waals surface area contributed by atoms with E-state index in [1.54, 1.807) is 0 Å². The van der Waals surface area contributed by atoms with Crippen molar-refractivity contribution < 1.29 is 4.74 Å². The number of aromatic nitrogens is 1. The van der Waals surface area contributed by atoms with Crippen LogP contribution in [0.15, 0.2) is 36.4 Å². The van der Waals surface area contributed by atoms with Crippen molar-refractivity contribution in [1.82, 2.24) is 4.98 Å². The summed E-state index contributed by atoms with van der Waals surface area (Å²) >= 11 is 0. The van der Waals surface area contributed by atoms with Crippen LogP contribution in [-0.2, 0) is 6.61 Å². The van der Waals surface area contributed by atoms with E-state index < -0.39 is 0 Å². The van der Waals surface area contributed by atoms with Gasteiger partial charge in [0.25, 0.3) is 0 Å². The fourth-order valence-corrected chi connectivity index (χ4v) is 1.79. The van der Waals surface area contributed by atoms with Crippen molar-refractivity contribution in [1.29, 1.82) is 0 Å². The van der Waals surface area contributed by atoms with Crippen LogP contribution in [0.5, 0.6) is 5.75 Å². The highest BCUT2D eigenvalue weighted by atomic mass is 16.5. The maximum atomic E-state index is 5.77. The first-order chi connectivity index (χ1) is 9.15. The van der Waals surface area contributed by atoms with Crippen molar-refractivity contribution in [3.63, 3.8) is 0 Å². The molecule has 0 atom stereocenters. The molecule has 0 saturated carbocycles. The van der Waals surface area contributed by atoms with Crippen molar-refractivity contribution in [2.45, 2.75) is 41.2 Å². The Morgan fingerprint density at radius 3 is 2.37 bits per heavy atom. The fraction of sp³-hybridized carbons (Fsp3) is 0.353. The van der Waals surface area contributed by atoms with E-state index in [-0.39, 0.29) is 0 Å². The van der Waals surface area contributed by atoms with E-state index in [0.717, 1.165) is 22.7 Å².